The Labute approximate surface area is 101 Å². The average Bonchev–Trinajstić information content (AvgIpc) is 2.27. The van der Waals surface area contributed by atoms with Crippen LogP contribution in [0.2, 0.25) is 0 Å². The minimum Gasteiger partial charge on any atom is -0.402 e. The minimum atomic E-state index is 0.111. The molecule has 0 saturated carbocycles. The molecule has 0 aromatic heterocycles. The lowest BCUT2D eigenvalue weighted by Crippen LogP contribution is -2.02. The summed E-state index contributed by atoms with van der Waals surface area (Å²) in [6, 6.07) is 9.52. The topological polar surface area (TPSA) is 49.8 Å². The van der Waals surface area contributed by atoms with Gasteiger partial charge in [-0.2, -0.15) is 5.26 Å². The highest BCUT2D eigenvalue weighted by atomic mass is 35.5. The van der Waals surface area contributed by atoms with E-state index in [1.165, 1.54) is 0 Å². The summed E-state index contributed by atoms with van der Waals surface area (Å²) in [4.78, 5) is 0. The van der Waals surface area contributed by atoms with E-state index in [0.29, 0.717) is 12.0 Å². The molecule has 0 heterocycles. The second kappa shape index (κ2) is 6.19. The van der Waals surface area contributed by atoms with Gasteiger partial charge in [0.1, 0.15) is 0 Å². The maximum absolute atomic E-state index is 8.65. The number of halogens is 1. The Morgan fingerprint density at radius 2 is 2.12 bits per heavy atom. The number of alkyl halides is 1. The summed E-state index contributed by atoms with van der Waals surface area (Å²) >= 11 is 5.83. The van der Waals surface area contributed by atoms with Gasteiger partial charge in [-0.25, -0.2) is 0 Å². The molecule has 0 aliphatic carbocycles. The third-order valence-corrected chi connectivity index (χ3v) is 2.37. The van der Waals surface area contributed by atoms with Gasteiger partial charge in [0, 0.05) is 17.5 Å². The van der Waals surface area contributed by atoms with E-state index >= 15 is 0 Å². The van der Waals surface area contributed by atoms with Crippen LogP contribution in [0.15, 0.2) is 36.0 Å². The molecule has 2 nitrogen and oxygen atoms in total. The van der Waals surface area contributed by atoms with Gasteiger partial charge in [0.05, 0.1) is 11.6 Å². The monoisotopic (exact) mass is 234 g/mol. The number of allylic oxidation sites excluding steroid dienone is 2. The number of hydrogen-bond donors (Lipinski definition) is 1. The first-order valence-electron chi connectivity index (χ1n) is 5.19. The molecule has 1 aromatic carbocycles. The fourth-order valence-corrected chi connectivity index (χ4v) is 1.41. The van der Waals surface area contributed by atoms with Crippen molar-refractivity contribution in [1.29, 1.82) is 5.26 Å². The molecule has 16 heavy (non-hydrogen) atoms. The number of hydrogen-bond acceptors (Lipinski definition) is 2. The van der Waals surface area contributed by atoms with Gasteiger partial charge in [-0.3, -0.25) is 0 Å². The molecule has 1 rings (SSSR count). The fourth-order valence-electron chi connectivity index (χ4n) is 1.32. The summed E-state index contributed by atoms with van der Waals surface area (Å²) < 4.78 is 0. The summed E-state index contributed by atoms with van der Waals surface area (Å²) in [5.41, 5.74) is 8.45. The number of benzene rings is 1. The highest BCUT2D eigenvalue weighted by Crippen LogP contribution is 2.09. The molecule has 1 atom stereocenters. The zero-order valence-corrected chi connectivity index (χ0v) is 10.0. The molecule has 0 aliphatic heterocycles. The molecule has 0 aliphatic rings. The summed E-state index contributed by atoms with van der Waals surface area (Å²) in [6.07, 6.45) is 3.44. The molecule has 0 spiro atoms. The number of nitrogens with two attached hydrogens (primary N) is 1. The van der Waals surface area contributed by atoms with E-state index in [1.807, 2.05) is 25.1 Å². The predicted octanol–water partition coefficient (Wildman–Crippen LogP) is 2.96. The Hall–Kier alpha value is -1.46. The highest BCUT2D eigenvalue weighted by molar-refractivity contribution is 6.20. The van der Waals surface area contributed by atoms with Crippen molar-refractivity contribution in [1.82, 2.24) is 0 Å². The first-order valence-corrected chi connectivity index (χ1v) is 5.63. The van der Waals surface area contributed by atoms with Gasteiger partial charge >= 0.3 is 0 Å². The van der Waals surface area contributed by atoms with Crippen LogP contribution in [0.3, 0.4) is 0 Å². The Balaban J connectivity index is 2.59. The van der Waals surface area contributed by atoms with Gasteiger partial charge in [-0.05, 0) is 31.0 Å². The smallest absolute Gasteiger partial charge is 0.0991 e. The lowest BCUT2D eigenvalue weighted by atomic mass is 10.1. The van der Waals surface area contributed by atoms with Gasteiger partial charge in [0.15, 0.2) is 0 Å². The Kier molecular flexibility index (Phi) is 4.88. The lowest BCUT2D eigenvalue weighted by molar-refractivity contribution is 0.942. The minimum absolute atomic E-state index is 0.111. The molecular formula is C13H15ClN2. The third-order valence-electron chi connectivity index (χ3n) is 2.20. The van der Waals surface area contributed by atoms with Crippen LogP contribution in [0.1, 0.15) is 24.5 Å². The second-order valence-electron chi connectivity index (χ2n) is 3.78. The Bertz CT molecular complexity index is 399. The predicted molar refractivity (Wildman–Crippen MR) is 67.1 cm³/mol. The molecule has 3 heteroatoms. The van der Waals surface area contributed by atoms with E-state index < -0.39 is 0 Å². The van der Waals surface area contributed by atoms with Crippen molar-refractivity contribution in [3.8, 4) is 6.07 Å². The van der Waals surface area contributed by atoms with E-state index in [1.54, 1.807) is 12.1 Å². The molecule has 84 valence electrons. The molecule has 0 fully saturated rings. The standard InChI is InChI=1S/C13H15ClN2/c1-10(14)2-7-13(16)8-11-3-5-12(9-15)6-4-11/h3-7,10H,2,8,16H2,1H3/b13-7-. The van der Waals surface area contributed by atoms with Gasteiger partial charge in [-0.15, -0.1) is 11.6 Å². The zero-order valence-electron chi connectivity index (χ0n) is 9.28. The largest absolute Gasteiger partial charge is 0.402 e. The summed E-state index contributed by atoms with van der Waals surface area (Å²) in [5.74, 6) is 0. The van der Waals surface area contributed by atoms with Crippen LogP contribution >= 0.6 is 11.6 Å². The van der Waals surface area contributed by atoms with Gasteiger partial charge < -0.3 is 5.73 Å². The van der Waals surface area contributed by atoms with Crippen LogP contribution in [0.25, 0.3) is 0 Å². The zero-order chi connectivity index (χ0) is 12.0. The molecule has 1 unspecified atom stereocenters. The van der Waals surface area contributed by atoms with Crippen LogP contribution in [-0.4, -0.2) is 5.38 Å². The van der Waals surface area contributed by atoms with Crippen LogP contribution < -0.4 is 5.73 Å². The van der Waals surface area contributed by atoms with E-state index in [4.69, 9.17) is 22.6 Å². The number of nitriles is 1. The second-order valence-corrected chi connectivity index (χ2v) is 4.53. The molecule has 2 N–H and O–H groups in total. The Morgan fingerprint density at radius 3 is 2.62 bits per heavy atom. The maximum atomic E-state index is 8.65. The lowest BCUT2D eigenvalue weighted by Gasteiger charge is -2.03. The van der Waals surface area contributed by atoms with Crippen molar-refractivity contribution in [3.63, 3.8) is 0 Å². The quantitative estimate of drug-likeness (QED) is 0.815. The van der Waals surface area contributed by atoms with Crippen molar-refractivity contribution in [2.24, 2.45) is 5.73 Å². The van der Waals surface area contributed by atoms with Crippen molar-refractivity contribution in [2.45, 2.75) is 25.1 Å². The van der Waals surface area contributed by atoms with Crippen LogP contribution in [0, 0.1) is 11.3 Å². The SMILES string of the molecule is CC(Cl)C/C=C(\N)Cc1ccc(C#N)cc1. The molecule has 1 aromatic rings. The summed E-state index contributed by atoms with van der Waals surface area (Å²) in [5, 5.41) is 8.77. The van der Waals surface area contributed by atoms with Crippen molar-refractivity contribution < 1.29 is 0 Å². The van der Waals surface area contributed by atoms with Crippen LogP contribution in [-0.2, 0) is 6.42 Å². The van der Waals surface area contributed by atoms with Gasteiger partial charge in [0.2, 0.25) is 0 Å². The number of rotatable bonds is 4. The summed E-state index contributed by atoms with van der Waals surface area (Å²) in [6.45, 7) is 1.94. The molecule has 0 radical (unpaired) electrons. The normalized spacial score (nSPS) is 13.2. The van der Waals surface area contributed by atoms with Gasteiger partial charge in [-0.1, -0.05) is 18.2 Å². The van der Waals surface area contributed by atoms with E-state index in [0.717, 1.165) is 17.7 Å². The van der Waals surface area contributed by atoms with Crippen molar-refractivity contribution in [3.05, 3.63) is 47.2 Å². The number of nitrogens with zero attached hydrogens (tertiary/aromatic N) is 1. The van der Waals surface area contributed by atoms with Crippen LogP contribution in [0.5, 0.6) is 0 Å². The summed E-state index contributed by atoms with van der Waals surface area (Å²) in [7, 11) is 0. The van der Waals surface area contributed by atoms with E-state index in [-0.39, 0.29) is 5.38 Å². The maximum Gasteiger partial charge on any atom is 0.0991 e. The van der Waals surface area contributed by atoms with E-state index in [9.17, 15) is 0 Å². The first kappa shape index (κ1) is 12.6. The van der Waals surface area contributed by atoms with Gasteiger partial charge in [0.25, 0.3) is 0 Å². The average molecular weight is 235 g/mol. The molecule has 0 bridgehead atoms. The van der Waals surface area contributed by atoms with Crippen molar-refractivity contribution in [2.75, 3.05) is 0 Å². The van der Waals surface area contributed by atoms with Crippen molar-refractivity contribution >= 4 is 11.6 Å². The molecular weight excluding hydrogens is 220 g/mol. The molecule has 0 saturated heterocycles. The molecule has 0 amide bonds. The first-order chi connectivity index (χ1) is 7.61. The fraction of sp³-hybridized carbons (Fsp3) is 0.308. The van der Waals surface area contributed by atoms with Crippen LogP contribution in [0.4, 0.5) is 0 Å². The third kappa shape index (κ3) is 4.37. The van der Waals surface area contributed by atoms with E-state index in [2.05, 4.69) is 6.07 Å². The highest BCUT2D eigenvalue weighted by Gasteiger charge is 1.98. The Morgan fingerprint density at radius 1 is 1.50 bits per heavy atom.